The number of hydrogen-bond donors (Lipinski definition) is 0. The molecule has 0 N–H and O–H groups in total. The number of para-hydroxylation sites is 2. The lowest BCUT2D eigenvalue weighted by Crippen LogP contribution is -2.29. The highest BCUT2D eigenvalue weighted by molar-refractivity contribution is 5.85. The number of fused-ring (bicyclic) bond motifs is 8. The smallest absolute Gasteiger partial charge is 0.0629 e. The van der Waals surface area contributed by atoms with Crippen molar-refractivity contribution in [1.82, 2.24) is 0 Å². The van der Waals surface area contributed by atoms with Crippen molar-refractivity contribution in [1.29, 1.82) is 0 Å². The molecule has 0 spiro atoms. The number of rotatable bonds is 4. The van der Waals surface area contributed by atoms with Crippen LogP contribution >= 0.6 is 0 Å². The van der Waals surface area contributed by atoms with Crippen LogP contribution in [-0.2, 0) is 5.41 Å². The Hall–Kier alpha value is -5.34. The minimum atomic E-state index is 0.0188. The Bertz CT molecular complexity index is 2390. The molecule has 5 unspecified atom stereocenters. The second kappa shape index (κ2) is 11.8. The highest BCUT2D eigenvalue weighted by Crippen LogP contribution is 2.54. The maximum Gasteiger partial charge on any atom is 0.0629 e. The molecule has 2 heteroatoms. The molecule has 0 bridgehead atoms. The molecular weight excluding hydrogens is 641 g/mol. The van der Waals surface area contributed by atoms with Crippen LogP contribution in [0, 0.1) is 17.8 Å². The fraction of sp³-hybridized carbons (Fsp3) is 0.255. The summed E-state index contributed by atoms with van der Waals surface area (Å²) < 4.78 is 0. The molecule has 2 heterocycles. The molecule has 11 rings (SSSR count). The van der Waals surface area contributed by atoms with Crippen molar-refractivity contribution in [2.75, 3.05) is 9.80 Å². The van der Waals surface area contributed by atoms with Gasteiger partial charge in [0.2, 0.25) is 0 Å². The average molecular weight is 687 g/mol. The molecule has 2 aliphatic heterocycles. The summed E-state index contributed by atoms with van der Waals surface area (Å²) in [6.07, 6.45) is 28.2. The van der Waals surface area contributed by atoms with Gasteiger partial charge in [-0.25, -0.2) is 0 Å². The van der Waals surface area contributed by atoms with Crippen LogP contribution in [-0.4, -0.2) is 6.04 Å². The lowest BCUT2D eigenvalue weighted by atomic mass is 9.74. The third kappa shape index (κ3) is 4.70. The summed E-state index contributed by atoms with van der Waals surface area (Å²) in [6.45, 7) is 4.73. The zero-order valence-electron chi connectivity index (χ0n) is 30.8. The SMILES string of the molecule is CC1(C)c2ccccc2-c2cc(N3c4ccccc4C4C=C(C5C=CC(C6CC=C7C(C6)C6=C(C=CCC6)N7c6ccccc6)=CC5)C=CC43)ccc21. The van der Waals surface area contributed by atoms with Crippen molar-refractivity contribution in [3.05, 3.63) is 197 Å². The van der Waals surface area contributed by atoms with E-state index in [1.807, 2.05) is 0 Å². The molecule has 4 aromatic carbocycles. The van der Waals surface area contributed by atoms with Crippen molar-refractivity contribution in [3.8, 4) is 11.1 Å². The van der Waals surface area contributed by atoms with Gasteiger partial charge in [-0.05, 0) is 119 Å². The Morgan fingerprint density at radius 1 is 0.698 bits per heavy atom. The number of benzene rings is 4. The molecular formula is C51H46N2. The third-order valence-corrected chi connectivity index (χ3v) is 13.6. The third-order valence-electron chi connectivity index (χ3n) is 13.6. The van der Waals surface area contributed by atoms with Gasteiger partial charge >= 0.3 is 0 Å². The normalized spacial score (nSPS) is 27.0. The predicted molar refractivity (Wildman–Crippen MR) is 220 cm³/mol. The molecule has 0 amide bonds. The molecule has 0 aromatic heterocycles. The van der Waals surface area contributed by atoms with Crippen molar-refractivity contribution in [2.24, 2.45) is 17.8 Å². The van der Waals surface area contributed by atoms with E-state index in [0.29, 0.717) is 23.7 Å². The van der Waals surface area contributed by atoms with Crippen molar-refractivity contribution < 1.29 is 0 Å². The fourth-order valence-electron chi connectivity index (χ4n) is 11.0. The van der Waals surface area contributed by atoms with E-state index in [0.717, 1.165) is 19.3 Å². The van der Waals surface area contributed by atoms with Gasteiger partial charge in [0, 0.05) is 51.6 Å². The van der Waals surface area contributed by atoms with Crippen LogP contribution in [0.4, 0.5) is 17.1 Å². The Kier molecular flexibility index (Phi) is 6.97. The van der Waals surface area contributed by atoms with Gasteiger partial charge in [-0.3, -0.25) is 0 Å². The number of anilines is 3. The van der Waals surface area contributed by atoms with Gasteiger partial charge in [-0.2, -0.15) is 0 Å². The Balaban J connectivity index is 0.846. The maximum absolute atomic E-state index is 2.60. The van der Waals surface area contributed by atoms with Crippen molar-refractivity contribution >= 4 is 17.1 Å². The van der Waals surface area contributed by atoms with Crippen LogP contribution in [0.5, 0.6) is 0 Å². The van der Waals surface area contributed by atoms with Crippen molar-refractivity contribution in [2.45, 2.75) is 63.3 Å². The number of hydrogen-bond acceptors (Lipinski definition) is 2. The first-order valence-corrected chi connectivity index (χ1v) is 19.9. The van der Waals surface area contributed by atoms with Gasteiger partial charge in [0.1, 0.15) is 0 Å². The van der Waals surface area contributed by atoms with Gasteiger partial charge in [0.05, 0.1) is 6.04 Å². The van der Waals surface area contributed by atoms with E-state index in [2.05, 4.69) is 175 Å². The Labute approximate surface area is 314 Å². The second-order valence-corrected chi connectivity index (χ2v) is 16.6. The zero-order chi connectivity index (χ0) is 35.3. The van der Waals surface area contributed by atoms with Gasteiger partial charge in [0.25, 0.3) is 0 Å². The zero-order valence-corrected chi connectivity index (χ0v) is 30.8. The first-order chi connectivity index (χ1) is 26.0. The van der Waals surface area contributed by atoms with E-state index in [1.165, 1.54) is 74.7 Å². The Morgan fingerprint density at radius 3 is 2.40 bits per heavy atom. The summed E-state index contributed by atoms with van der Waals surface area (Å²) in [5.74, 6) is 1.87. The van der Waals surface area contributed by atoms with Gasteiger partial charge in [-0.1, -0.05) is 129 Å². The largest absolute Gasteiger partial charge is 0.333 e. The summed E-state index contributed by atoms with van der Waals surface area (Å²) in [4.78, 5) is 5.15. The van der Waals surface area contributed by atoms with E-state index < -0.39 is 0 Å². The molecule has 7 aliphatic rings. The summed E-state index contributed by atoms with van der Waals surface area (Å²) in [5.41, 5.74) is 18.6. The number of allylic oxidation sites excluding steroid dienone is 10. The predicted octanol–water partition coefficient (Wildman–Crippen LogP) is 12.6. The topological polar surface area (TPSA) is 6.48 Å². The summed E-state index contributed by atoms with van der Waals surface area (Å²) in [6, 6.07) is 36.6. The van der Waals surface area contributed by atoms with E-state index in [-0.39, 0.29) is 11.5 Å². The Morgan fingerprint density at radius 2 is 1.51 bits per heavy atom. The molecule has 0 radical (unpaired) electrons. The van der Waals surface area contributed by atoms with Gasteiger partial charge < -0.3 is 9.80 Å². The first-order valence-electron chi connectivity index (χ1n) is 19.9. The van der Waals surface area contributed by atoms with Crippen LogP contribution in [0.1, 0.15) is 68.6 Å². The lowest BCUT2D eigenvalue weighted by molar-refractivity contribution is 0.465. The molecule has 2 nitrogen and oxygen atoms in total. The van der Waals surface area contributed by atoms with Crippen LogP contribution in [0.3, 0.4) is 0 Å². The van der Waals surface area contributed by atoms with E-state index in [4.69, 9.17) is 0 Å². The highest BCUT2D eigenvalue weighted by atomic mass is 15.2. The molecule has 4 aromatic rings. The van der Waals surface area contributed by atoms with E-state index in [1.54, 1.807) is 11.1 Å². The summed E-state index contributed by atoms with van der Waals surface area (Å²) in [5, 5.41) is 0. The first kappa shape index (κ1) is 31.2. The fourth-order valence-corrected chi connectivity index (χ4v) is 11.0. The standard InChI is InChI=1S/C51H46N2/c1-51(2)45-17-9-6-14-39(45)42-32-38(26-27-46(42)51)53-48-19-11-8-16-41(48)44-31-36(25-29-50(44)53)34-22-20-33(21-23-34)35-24-28-49-43(30-35)40-15-7-10-18-47(40)52(49)37-12-4-3-5-13-37/h3-6,8-14,16-22,25-29,31-32,34-35,43-44,50H,7,15,23-24,30H2,1-2H3. The second-order valence-electron chi connectivity index (χ2n) is 16.6. The van der Waals surface area contributed by atoms with Crippen LogP contribution in [0.2, 0.25) is 0 Å². The maximum atomic E-state index is 2.60. The lowest BCUT2D eigenvalue weighted by Gasteiger charge is -2.33. The van der Waals surface area contributed by atoms with Gasteiger partial charge in [-0.15, -0.1) is 0 Å². The highest BCUT2D eigenvalue weighted by Gasteiger charge is 2.42. The quantitative estimate of drug-likeness (QED) is 0.211. The minimum Gasteiger partial charge on any atom is -0.333 e. The molecule has 53 heavy (non-hydrogen) atoms. The minimum absolute atomic E-state index is 0.0188. The summed E-state index contributed by atoms with van der Waals surface area (Å²) in [7, 11) is 0. The summed E-state index contributed by atoms with van der Waals surface area (Å²) >= 11 is 0. The van der Waals surface area contributed by atoms with Crippen molar-refractivity contribution in [3.63, 3.8) is 0 Å². The molecule has 0 saturated carbocycles. The van der Waals surface area contributed by atoms with Crippen LogP contribution < -0.4 is 9.80 Å². The molecule has 0 saturated heterocycles. The molecule has 5 atom stereocenters. The molecule has 5 aliphatic carbocycles. The van der Waals surface area contributed by atoms with E-state index in [9.17, 15) is 0 Å². The molecule has 260 valence electrons. The number of nitrogens with zero attached hydrogens (tertiary/aromatic N) is 2. The van der Waals surface area contributed by atoms with Crippen LogP contribution in [0.15, 0.2) is 180 Å². The average Bonchev–Trinajstić information content (AvgIpc) is 3.81. The molecule has 0 fully saturated rings. The monoisotopic (exact) mass is 686 g/mol. The van der Waals surface area contributed by atoms with E-state index >= 15 is 0 Å². The van der Waals surface area contributed by atoms with Crippen LogP contribution in [0.25, 0.3) is 11.1 Å². The van der Waals surface area contributed by atoms with Gasteiger partial charge in [0.15, 0.2) is 0 Å².